The molecule has 0 bridgehead atoms. The molecule has 0 aliphatic carbocycles. The van der Waals surface area contributed by atoms with Gasteiger partial charge in [-0.1, -0.05) is 18.5 Å². The van der Waals surface area contributed by atoms with Crippen LogP contribution in [0.25, 0.3) is 5.13 Å². The number of carbonyl (C=O) groups excluding carboxylic acids is 1. The number of amides is 1. The minimum atomic E-state index is -0.193. The van der Waals surface area contributed by atoms with E-state index >= 15 is 0 Å². The van der Waals surface area contributed by atoms with E-state index in [9.17, 15) is 4.79 Å². The first kappa shape index (κ1) is 14.7. The third-order valence-corrected chi connectivity index (χ3v) is 4.10. The average molecular weight is 333 g/mol. The monoisotopic (exact) mass is 332 g/mol. The highest BCUT2D eigenvalue weighted by atomic mass is 35.5. The largest absolute Gasteiger partial charge is 0.322 e. The number of nitrogens with one attached hydrogen (secondary N) is 1. The number of anilines is 1. The summed E-state index contributed by atoms with van der Waals surface area (Å²) in [5.74, 6) is -0.193. The van der Waals surface area contributed by atoms with Gasteiger partial charge in [-0.25, -0.2) is 9.67 Å². The summed E-state index contributed by atoms with van der Waals surface area (Å²) >= 11 is 7.31. The van der Waals surface area contributed by atoms with Crippen molar-refractivity contribution in [3.8, 4) is 5.13 Å². The lowest BCUT2D eigenvalue weighted by Crippen LogP contribution is -2.12. The van der Waals surface area contributed by atoms with E-state index in [4.69, 9.17) is 11.6 Å². The zero-order chi connectivity index (χ0) is 15.5. The number of halogens is 1. The summed E-state index contributed by atoms with van der Waals surface area (Å²) in [5, 5.41) is 10.5. The minimum Gasteiger partial charge on any atom is -0.322 e. The summed E-state index contributed by atoms with van der Waals surface area (Å²) < 4.78 is 1.64. The van der Waals surface area contributed by atoms with Crippen LogP contribution in [0.5, 0.6) is 0 Å². The molecule has 1 aromatic carbocycles. The minimum absolute atomic E-state index is 0.193. The van der Waals surface area contributed by atoms with Gasteiger partial charge < -0.3 is 5.32 Å². The van der Waals surface area contributed by atoms with Crippen molar-refractivity contribution in [1.82, 2.24) is 14.8 Å². The number of carbonyl (C=O) groups is 1. The number of hydrogen-bond acceptors (Lipinski definition) is 4. The Balaban J connectivity index is 1.87. The third-order valence-electron chi connectivity index (χ3n) is 3.09. The van der Waals surface area contributed by atoms with E-state index in [1.165, 1.54) is 11.3 Å². The highest BCUT2D eigenvalue weighted by molar-refractivity contribution is 7.12. The van der Waals surface area contributed by atoms with Crippen molar-refractivity contribution in [2.24, 2.45) is 0 Å². The number of thiazole rings is 1. The van der Waals surface area contributed by atoms with Crippen LogP contribution in [0.15, 0.2) is 42.0 Å². The first-order valence-corrected chi connectivity index (χ1v) is 7.98. The SMILES string of the molecule is CCc1nn(-c2nccs2)cc1C(=O)Nc1ccc(Cl)cc1. The molecule has 0 saturated carbocycles. The Hall–Kier alpha value is -2.18. The molecule has 0 radical (unpaired) electrons. The molecule has 0 atom stereocenters. The molecule has 7 heteroatoms. The Labute approximate surface area is 136 Å². The van der Waals surface area contributed by atoms with Gasteiger partial charge in [0.05, 0.1) is 11.3 Å². The summed E-state index contributed by atoms with van der Waals surface area (Å²) in [6.07, 6.45) is 4.09. The van der Waals surface area contributed by atoms with Gasteiger partial charge >= 0.3 is 0 Å². The average Bonchev–Trinajstić information content (AvgIpc) is 3.18. The topological polar surface area (TPSA) is 59.8 Å². The van der Waals surface area contributed by atoms with Gasteiger partial charge in [-0.2, -0.15) is 5.10 Å². The highest BCUT2D eigenvalue weighted by Crippen LogP contribution is 2.18. The van der Waals surface area contributed by atoms with E-state index in [1.807, 2.05) is 12.3 Å². The molecule has 0 saturated heterocycles. The lowest BCUT2D eigenvalue weighted by atomic mass is 10.2. The van der Waals surface area contributed by atoms with E-state index in [2.05, 4.69) is 15.4 Å². The molecule has 0 unspecified atom stereocenters. The Kier molecular flexibility index (Phi) is 4.22. The predicted molar refractivity (Wildman–Crippen MR) is 88.0 cm³/mol. The normalized spacial score (nSPS) is 10.6. The van der Waals surface area contributed by atoms with Crippen LogP contribution in [0.4, 0.5) is 5.69 Å². The van der Waals surface area contributed by atoms with Crippen LogP contribution in [0.3, 0.4) is 0 Å². The molecule has 5 nitrogen and oxygen atoms in total. The quantitative estimate of drug-likeness (QED) is 0.790. The molecule has 1 N–H and O–H groups in total. The lowest BCUT2D eigenvalue weighted by Gasteiger charge is -2.04. The van der Waals surface area contributed by atoms with Crippen LogP contribution >= 0.6 is 22.9 Å². The van der Waals surface area contributed by atoms with Crippen LogP contribution in [0.1, 0.15) is 23.0 Å². The van der Waals surface area contributed by atoms with Crippen LogP contribution in [-0.4, -0.2) is 20.7 Å². The number of nitrogens with zero attached hydrogens (tertiary/aromatic N) is 3. The third kappa shape index (κ3) is 3.03. The second-order valence-electron chi connectivity index (χ2n) is 4.56. The number of aromatic nitrogens is 3. The van der Waals surface area contributed by atoms with Crippen LogP contribution in [-0.2, 0) is 6.42 Å². The van der Waals surface area contributed by atoms with Crippen LogP contribution in [0.2, 0.25) is 5.02 Å². The molecule has 112 valence electrons. The van der Waals surface area contributed by atoms with Crippen molar-refractivity contribution in [1.29, 1.82) is 0 Å². The Morgan fingerprint density at radius 3 is 2.77 bits per heavy atom. The highest BCUT2D eigenvalue weighted by Gasteiger charge is 2.16. The number of aryl methyl sites for hydroxylation is 1. The maximum atomic E-state index is 12.4. The maximum Gasteiger partial charge on any atom is 0.259 e. The zero-order valence-corrected chi connectivity index (χ0v) is 13.4. The predicted octanol–water partition coefficient (Wildman–Crippen LogP) is 3.80. The smallest absolute Gasteiger partial charge is 0.259 e. The van der Waals surface area contributed by atoms with E-state index in [-0.39, 0.29) is 5.91 Å². The van der Waals surface area contributed by atoms with Gasteiger partial charge in [-0.05, 0) is 30.7 Å². The van der Waals surface area contributed by atoms with Gasteiger partial charge in [0.1, 0.15) is 0 Å². The second-order valence-corrected chi connectivity index (χ2v) is 5.87. The summed E-state index contributed by atoms with van der Waals surface area (Å²) in [7, 11) is 0. The van der Waals surface area contributed by atoms with Gasteiger partial charge in [-0.15, -0.1) is 11.3 Å². The molecular formula is C15H13ClN4OS. The fourth-order valence-electron chi connectivity index (χ4n) is 2.02. The summed E-state index contributed by atoms with van der Waals surface area (Å²) in [6.45, 7) is 1.97. The summed E-state index contributed by atoms with van der Waals surface area (Å²) in [4.78, 5) is 16.6. The summed E-state index contributed by atoms with van der Waals surface area (Å²) in [5.41, 5.74) is 1.98. The van der Waals surface area contributed by atoms with Crippen molar-refractivity contribution >= 4 is 34.5 Å². The van der Waals surface area contributed by atoms with E-state index in [0.717, 1.165) is 10.8 Å². The molecule has 0 aliphatic heterocycles. The molecular weight excluding hydrogens is 320 g/mol. The van der Waals surface area contributed by atoms with Crippen molar-refractivity contribution in [3.63, 3.8) is 0 Å². The van der Waals surface area contributed by atoms with Crippen molar-refractivity contribution in [2.45, 2.75) is 13.3 Å². The van der Waals surface area contributed by atoms with Gasteiger partial charge in [-0.3, -0.25) is 4.79 Å². The van der Waals surface area contributed by atoms with Gasteiger partial charge in [0.15, 0.2) is 0 Å². The van der Waals surface area contributed by atoms with Gasteiger partial charge in [0.25, 0.3) is 5.91 Å². The molecule has 2 heterocycles. The van der Waals surface area contributed by atoms with E-state index in [0.29, 0.717) is 22.7 Å². The first-order chi connectivity index (χ1) is 10.7. The summed E-state index contributed by atoms with van der Waals surface area (Å²) in [6, 6.07) is 6.99. The molecule has 2 aromatic heterocycles. The van der Waals surface area contributed by atoms with Gasteiger partial charge in [0, 0.05) is 28.5 Å². The molecule has 3 rings (SSSR count). The van der Waals surface area contributed by atoms with Crippen molar-refractivity contribution < 1.29 is 4.79 Å². The Morgan fingerprint density at radius 2 is 2.14 bits per heavy atom. The van der Waals surface area contributed by atoms with Crippen LogP contribution in [0, 0.1) is 0 Å². The van der Waals surface area contributed by atoms with E-state index in [1.54, 1.807) is 41.3 Å². The fraction of sp³-hybridized carbons (Fsp3) is 0.133. The molecule has 0 spiro atoms. The van der Waals surface area contributed by atoms with E-state index < -0.39 is 0 Å². The number of rotatable bonds is 4. The van der Waals surface area contributed by atoms with Crippen molar-refractivity contribution in [2.75, 3.05) is 5.32 Å². The number of benzene rings is 1. The van der Waals surface area contributed by atoms with Crippen LogP contribution < -0.4 is 5.32 Å². The molecule has 1 amide bonds. The standard InChI is InChI=1S/C15H13ClN4OS/c1-2-13-12(9-20(19-13)15-17-7-8-22-15)14(21)18-11-5-3-10(16)4-6-11/h3-9H,2H2,1H3,(H,18,21). The molecule has 22 heavy (non-hydrogen) atoms. The molecule has 3 aromatic rings. The molecule has 0 fully saturated rings. The number of hydrogen-bond donors (Lipinski definition) is 1. The maximum absolute atomic E-state index is 12.4. The molecule has 0 aliphatic rings. The lowest BCUT2D eigenvalue weighted by molar-refractivity contribution is 0.102. The zero-order valence-electron chi connectivity index (χ0n) is 11.8. The Bertz CT molecular complexity index is 780. The first-order valence-electron chi connectivity index (χ1n) is 6.72. The van der Waals surface area contributed by atoms with Crippen molar-refractivity contribution in [3.05, 3.63) is 58.3 Å². The second kappa shape index (κ2) is 6.29. The fourth-order valence-corrected chi connectivity index (χ4v) is 2.71. The van der Waals surface area contributed by atoms with Gasteiger partial charge in [0.2, 0.25) is 5.13 Å². The Morgan fingerprint density at radius 1 is 1.36 bits per heavy atom.